The summed E-state index contributed by atoms with van der Waals surface area (Å²) >= 11 is 2.21. The predicted molar refractivity (Wildman–Crippen MR) is 136 cm³/mol. The highest BCUT2D eigenvalue weighted by Crippen LogP contribution is 2.14. The van der Waals surface area contributed by atoms with Crippen LogP contribution in [0.2, 0.25) is 0 Å². The van der Waals surface area contributed by atoms with Crippen LogP contribution in [0.25, 0.3) is 0 Å². The van der Waals surface area contributed by atoms with Gasteiger partial charge in [0.25, 0.3) is 11.4 Å². The van der Waals surface area contributed by atoms with Gasteiger partial charge in [0.1, 0.15) is 13.2 Å². The normalized spacial score (nSPS) is 10.3. The van der Waals surface area contributed by atoms with E-state index < -0.39 is 22.0 Å². The Labute approximate surface area is 213 Å². The van der Waals surface area contributed by atoms with Crippen LogP contribution < -0.4 is 11.1 Å². The molecule has 14 nitrogen and oxygen atoms in total. The van der Waals surface area contributed by atoms with Crippen LogP contribution >= 0.6 is 23.5 Å². The fourth-order valence-corrected chi connectivity index (χ4v) is 2.44. The number of carbonyl (C=O) groups excluding carboxylic acids is 2. The Morgan fingerprint density at radius 3 is 1.69 bits per heavy atom. The topological polar surface area (TPSA) is 213 Å². The minimum atomic E-state index is -0.974. The lowest BCUT2D eigenvalue weighted by atomic mass is 10.2. The van der Waals surface area contributed by atoms with Gasteiger partial charge in [-0.1, -0.05) is 23.5 Å². The van der Waals surface area contributed by atoms with Gasteiger partial charge in [-0.2, -0.15) is 4.99 Å². The molecule has 0 spiro atoms. The van der Waals surface area contributed by atoms with Crippen molar-refractivity contribution < 1.29 is 28.9 Å². The van der Waals surface area contributed by atoms with E-state index in [9.17, 15) is 29.8 Å². The number of nitro groups is 2. The Bertz CT molecular complexity index is 1110. The van der Waals surface area contributed by atoms with Crippen LogP contribution in [0, 0.1) is 25.6 Å². The van der Waals surface area contributed by atoms with E-state index in [-0.39, 0.29) is 34.9 Å². The molecule has 0 atom stereocenters. The molecule has 36 heavy (non-hydrogen) atoms. The molecule has 0 bridgehead atoms. The van der Waals surface area contributed by atoms with Gasteiger partial charge in [0, 0.05) is 24.3 Å². The number of amides is 2. The third-order valence-electron chi connectivity index (χ3n) is 3.84. The van der Waals surface area contributed by atoms with E-state index in [4.69, 9.17) is 20.6 Å². The van der Waals surface area contributed by atoms with E-state index in [1.165, 1.54) is 60.3 Å². The van der Waals surface area contributed by atoms with Crippen molar-refractivity contribution >= 4 is 57.4 Å². The zero-order valence-corrected chi connectivity index (χ0v) is 20.7. The van der Waals surface area contributed by atoms with Gasteiger partial charge in [-0.25, -0.2) is 9.59 Å². The Balaban J connectivity index is 0.00000118. The van der Waals surface area contributed by atoms with Crippen LogP contribution in [-0.2, 0) is 22.7 Å². The van der Waals surface area contributed by atoms with Crippen molar-refractivity contribution in [3.63, 3.8) is 0 Å². The maximum Gasteiger partial charge on any atom is 0.436 e. The number of alkyl carbamates (subject to hydrolysis) is 1. The van der Waals surface area contributed by atoms with Crippen molar-refractivity contribution in [2.45, 2.75) is 13.2 Å². The highest BCUT2D eigenvalue weighted by atomic mass is 32.2. The fourth-order valence-electron chi connectivity index (χ4n) is 2.08. The van der Waals surface area contributed by atoms with Gasteiger partial charge < -0.3 is 15.2 Å². The summed E-state index contributed by atoms with van der Waals surface area (Å²) in [7, 11) is 0. The molecule has 0 radical (unpaired) electrons. The van der Waals surface area contributed by atoms with Gasteiger partial charge in [0.15, 0.2) is 10.3 Å². The van der Waals surface area contributed by atoms with Crippen molar-refractivity contribution in [2.75, 3.05) is 12.5 Å². The van der Waals surface area contributed by atoms with Gasteiger partial charge in [-0.15, -0.1) is 0 Å². The quantitative estimate of drug-likeness (QED) is 0.206. The maximum absolute atomic E-state index is 11.9. The Morgan fingerprint density at radius 1 is 0.917 bits per heavy atom. The van der Waals surface area contributed by atoms with Crippen molar-refractivity contribution in [3.05, 3.63) is 79.9 Å². The van der Waals surface area contributed by atoms with Crippen LogP contribution in [-0.4, -0.2) is 44.9 Å². The number of amidine groups is 2. The molecule has 0 saturated heterocycles. The number of hydrogen-bond acceptors (Lipinski definition) is 11. The minimum Gasteiger partial charge on any atom is -0.444 e. The first-order valence-corrected chi connectivity index (χ1v) is 12.1. The zero-order valence-electron chi connectivity index (χ0n) is 19.0. The molecule has 0 heterocycles. The summed E-state index contributed by atoms with van der Waals surface area (Å²) in [5, 5.41) is 30.1. The number of nitrogens with one attached hydrogen (secondary N) is 2. The lowest BCUT2D eigenvalue weighted by Gasteiger charge is -2.08. The standard InChI is InChI=1S/C18H16N4O8S.C2H6N2S/c1-31-16(19-17(23)29-10-12-2-6-14(7-3-12)21(25)26)20-18(24)30-11-13-4-8-15(9-5-13)22(27)28;1-5-2(3)4/h2-9H,10-11H2,1H3,(H,19,20,23,24);1H3,(H3,3,4). The monoisotopic (exact) mass is 538 g/mol. The minimum absolute atomic E-state index is 0.0672. The molecule has 0 aliphatic carbocycles. The third-order valence-corrected chi connectivity index (χ3v) is 4.86. The van der Waals surface area contributed by atoms with E-state index in [2.05, 4.69) is 10.3 Å². The largest absolute Gasteiger partial charge is 0.444 e. The fraction of sp³-hybridized carbons (Fsp3) is 0.200. The number of nitro benzene ring substituents is 2. The first-order chi connectivity index (χ1) is 17.0. The van der Waals surface area contributed by atoms with E-state index in [1.807, 2.05) is 0 Å². The number of nitrogens with zero attached hydrogens (tertiary/aromatic N) is 3. The molecule has 0 aliphatic heterocycles. The number of benzene rings is 2. The molecule has 2 amide bonds. The molecule has 0 unspecified atom stereocenters. The summed E-state index contributed by atoms with van der Waals surface area (Å²) in [5.74, 6) is 0. The van der Waals surface area contributed by atoms with Crippen molar-refractivity contribution in [1.29, 1.82) is 5.41 Å². The number of carbonyl (C=O) groups is 2. The SMILES string of the molecule is CSC(=N)N.CSC(=NC(=O)OCc1ccc([N+](=O)[O-])cc1)NC(=O)OCc1ccc([N+](=O)[O-])cc1. The molecular weight excluding hydrogens is 516 g/mol. The van der Waals surface area contributed by atoms with Crippen LogP contribution in [0.1, 0.15) is 11.1 Å². The summed E-state index contributed by atoms with van der Waals surface area (Å²) in [6.45, 7) is -0.303. The van der Waals surface area contributed by atoms with Crippen molar-refractivity contribution in [1.82, 2.24) is 5.32 Å². The number of ether oxygens (including phenoxy) is 2. The average Bonchev–Trinajstić information content (AvgIpc) is 2.86. The molecule has 2 rings (SSSR count). The van der Waals surface area contributed by atoms with Crippen LogP contribution in [0.5, 0.6) is 0 Å². The van der Waals surface area contributed by atoms with E-state index >= 15 is 0 Å². The van der Waals surface area contributed by atoms with E-state index in [0.717, 1.165) is 11.8 Å². The molecule has 0 fully saturated rings. The van der Waals surface area contributed by atoms with Crippen LogP contribution in [0.4, 0.5) is 21.0 Å². The smallest absolute Gasteiger partial charge is 0.436 e. The summed E-state index contributed by atoms with van der Waals surface area (Å²) in [5.41, 5.74) is 5.72. The molecule has 0 aromatic heterocycles. The van der Waals surface area contributed by atoms with Crippen LogP contribution in [0.15, 0.2) is 53.5 Å². The number of rotatable bonds is 6. The highest BCUT2D eigenvalue weighted by Gasteiger charge is 2.11. The second-order valence-corrected chi connectivity index (χ2v) is 7.94. The van der Waals surface area contributed by atoms with Gasteiger partial charge >= 0.3 is 12.2 Å². The first kappa shape index (κ1) is 29.9. The summed E-state index contributed by atoms with van der Waals surface area (Å²) in [4.78, 5) is 47.4. The molecule has 0 saturated carbocycles. The number of thioether (sulfide) groups is 2. The molecule has 16 heteroatoms. The molecule has 2 aromatic carbocycles. The van der Waals surface area contributed by atoms with Gasteiger partial charge in [0.05, 0.1) is 9.85 Å². The lowest BCUT2D eigenvalue weighted by Crippen LogP contribution is -2.29. The van der Waals surface area contributed by atoms with Crippen molar-refractivity contribution in [2.24, 2.45) is 10.7 Å². The third kappa shape index (κ3) is 11.8. The lowest BCUT2D eigenvalue weighted by molar-refractivity contribution is -0.385. The molecule has 4 N–H and O–H groups in total. The van der Waals surface area contributed by atoms with E-state index in [0.29, 0.717) is 11.1 Å². The predicted octanol–water partition coefficient (Wildman–Crippen LogP) is 4.03. The number of aliphatic imine (C=N–C) groups is 1. The number of nitrogens with two attached hydrogens (primary N) is 1. The van der Waals surface area contributed by atoms with Gasteiger partial charge in [-0.3, -0.25) is 31.0 Å². The van der Waals surface area contributed by atoms with Crippen molar-refractivity contribution in [3.8, 4) is 0 Å². The molecular formula is C20H22N6O8S2. The second kappa shape index (κ2) is 15.7. The number of hydrogen-bond donors (Lipinski definition) is 3. The Morgan fingerprint density at radius 2 is 1.33 bits per heavy atom. The maximum atomic E-state index is 11.9. The van der Waals surface area contributed by atoms with Gasteiger partial charge in [0.2, 0.25) is 0 Å². The molecule has 2 aromatic rings. The summed E-state index contributed by atoms with van der Waals surface area (Å²) in [6.07, 6.45) is 1.48. The molecule has 0 aliphatic rings. The van der Waals surface area contributed by atoms with Crippen LogP contribution in [0.3, 0.4) is 0 Å². The zero-order chi connectivity index (χ0) is 27.1. The highest BCUT2D eigenvalue weighted by molar-refractivity contribution is 8.13. The van der Waals surface area contributed by atoms with E-state index in [1.54, 1.807) is 12.5 Å². The Kier molecular flexibility index (Phi) is 13.0. The number of non-ortho nitro benzene ring substituents is 2. The summed E-state index contributed by atoms with van der Waals surface area (Å²) in [6, 6.07) is 10.9. The second-order valence-electron chi connectivity index (χ2n) is 6.29. The average molecular weight is 539 g/mol. The van der Waals surface area contributed by atoms with Gasteiger partial charge in [-0.05, 0) is 47.9 Å². The first-order valence-electron chi connectivity index (χ1n) is 9.63. The Hall–Kier alpha value is -4.18. The molecule has 192 valence electrons. The summed E-state index contributed by atoms with van der Waals surface area (Å²) < 4.78 is 9.93.